The number of carbonyl (C=O) groups is 1. The highest BCUT2D eigenvalue weighted by Crippen LogP contribution is 2.39. The molecule has 1 N–H and O–H groups in total. The number of benzene rings is 3. The average molecular weight is 518 g/mol. The van der Waals surface area contributed by atoms with Gasteiger partial charge in [0.2, 0.25) is 11.2 Å². The van der Waals surface area contributed by atoms with Crippen molar-refractivity contribution in [2.24, 2.45) is 0 Å². The Balaban J connectivity index is 1.62. The van der Waals surface area contributed by atoms with Crippen LogP contribution < -0.4 is 20.2 Å². The first-order valence-electron chi connectivity index (χ1n) is 10.6. The first-order chi connectivity index (χ1) is 17.0. The number of alkyl halides is 3. The first kappa shape index (κ1) is 25.1. The maximum Gasteiger partial charge on any atom is 0.453 e. The minimum Gasteiger partial charge on any atom is -0.484 e. The molecule has 10 heteroatoms. The Morgan fingerprint density at radius 2 is 1.72 bits per heavy atom. The number of aryl methyl sites for hydroxylation is 2. The molecule has 4 rings (SSSR count). The highest BCUT2D eigenvalue weighted by atomic mass is 35.5. The highest BCUT2D eigenvalue weighted by molar-refractivity contribution is 6.30. The number of hydrogen-bond acceptors (Lipinski definition) is 5. The molecule has 0 bridgehead atoms. The molecular formula is C26H19ClF3NO5. The van der Waals surface area contributed by atoms with Crippen LogP contribution >= 0.6 is 11.6 Å². The Bertz CT molecular complexity index is 1490. The van der Waals surface area contributed by atoms with Crippen molar-refractivity contribution in [3.63, 3.8) is 0 Å². The number of halogens is 4. The number of amides is 1. The molecule has 0 radical (unpaired) electrons. The summed E-state index contributed by atoms with van der Waals surface area (Å²) in [6.07, 6.45) is -5.00. The lowest BCUT2D eigenvalue weighted by Gasteiger charge is -2.14. The summed E-state index contributed by atoms with van der Waals surface area (Å²) in [7, 11) is 0. The molecule has 0 aliphatic carbocycles. The quantitative estimate of drug-likeness (QED) is 0.301. The normalized spacial score (nSPS) is 11.4. The molecule has 1 amide bonds. The number of rotatable bonds is 6. The van der Waals surface area contributed by atoms with Crippen LogP contribution in [-0.4, -0.2) is 12.5 Å². The summed E-state index contributed by atoms with van der Waals surface area (Å²) in [6, 6.07) is 15.0. The number of fused-ring (bicyclic) bond motifs is 1. The second-order valence-electron chi connectivity index (χ2n) is 8.02. The van der Waals surface area contributed by atoms with Gasteiger partial charge in [0.05, 0.1) is 5.39 Å². The number of ether oxygens (including phenoxy) is 2. The van der Waals surface area contributed by atoms with Gasteiger partial charge in [-0.05, 0) is 67.4 Å². The zero-order valence-electron chi connectivity index (χ0n) is 19.0. The minimum absolute atomic E-state index is 0.0306. The summed E-state index contributed by atoms with van der Waals surface area (Å²) in [6.45, 7) is 3.07. The van der Waals surface area contributed by atoms with E-state index in [0.717, 1.165) is 17.2 Å². The average Bonchev–Trinajstić information content (AvgIpc) is 2.78. The van der Waals surface area contributed by atoms with E-state index in [-0.39, 0.29) is 22.5 Å². The van der Waals surface area contributed by atoms with Crippen LogP contribution in [0.3, 0.4) is 0 Å². The Labute approximate surface area is 208 Å². The van der Waals surface area contributed by atoms with Crippen LogP contribution in [0.25, 0.3) is 11.0 Å². The van der Waals surface area contributed by atoms with E-state index in [0.29, 0.717) is 10.7 Å². The van der Waals surface area contributed by atoms with Gasteiger partial charge in [-0.1, -0.05) is 23.7 Å². The van der Waals surface area contributed by atoms with Crippen LogP contribution in [0, 0.1) is 13.8 Å². The second kappa shape index (κ2) is 9.94. The van der Waals surface area contributed by atoms with E-state index in [1.54, 1.807) is 38.1 Å². The van der Waals surface area contributed by atoms with E-state index < -0.39 is 35.6 Å². The number of carbonyl (C=O) groups excluding carboxylic acids is 1. The zero-order valence-corrected chi connectivity index (χ0v) is 19.8. The molecule has 0 saturated heterocycles. The van der Waals surface area contributed by atoms with Crippen LogP contribution in [0.1, 0.15) is 16.9 Å². The van der Waals surface area contributed by atoms with Gasteiger partial charge in [0.1, 0.15) is 17.1 Å². The predicted molar refractivity (Wildman–Crippen MR) is 129 cm³/mol. The smallest absolute Gasteiger partial charge is 0.453 e. The van der Waals surface area contributed by atoms with Gasteiger partial charge >= 0.3 is 6.18 Å². The third-order valence-electron chi connectivity index (χ3n) is 4.97. The van der Waals surface area contributed by atoms with Gasteiger partial charge in [-0.15, -0.1) is 0 Å². The lowest BCUT2D eigenvalue weighted by Crippen LogP contribution is -2.20. The van der Waals surface area contributed by atoms with E-state index in [9.17, 15) is 22.8 Å². The third kappa shape index (κ3) is 5.80. The summed E-state index contributed by atoms with van der Waals surface area (Å²) in [5, 5.41) is 2.87. The monoisotopic (exact) mass is 517 g/mol. The van der Waals surface area contributed by atoms with Crippen molar-refractivity contribution in [2.75, 3.05) is 11.9 Å². The topological polar surface area (TPSA) is 77.8 Å². The molecule has 3 aromatic carbocycles. The van der Waals surface area contributed by atoms with E-state index in [4.69, 9.17) is 25.5 Å². The van der Waals surface area contributed by atoms with Crippen molar-refractivity contribution < 1.29 is 31.9 Å². The maximum absolute atomic E-state index is 13.8. The molecule has 4 aromatic rings. The van der Waals surface area contributed by atoms with E-state index in [2.05, 4.69) is 5.32 Å². The molecule has 1 heterocycles. The summed E-state index contributed by atoms with van der Waals surface area (Å²) in [5.74, 6) is -2.95. The lowest BCUT2D eigenvalue weighted by atomic mass is 10.1. The van der Waals surface area contributed by atoms with Gasteiger partial charge in [0.15, 0.2) is 6.61 Å². The van der Waals surface area contributed by atoms with E-state index in [1.807, 2.05) is 6.07 Å². The van der Waals surface area contributed by atoms with Crippen molar-refractivity contribution in [1.29, 1.82) is 0 Å². The first-order valence-corrected chi connectivity index (χ1v) is 11.0. The summed E-state index contributed by atoms with van der Waals surface area (Å²) >= 11 is 5.88. The van der Waals surface area contributed by atoms with Crippen molar-refractivity contribution in [3.05, 3.63) is 92.8 Å². The lowest BCUT2D eigenvalue weighted by molar-refractivity contribution is -0.154. The molecule has 0 aliphatic heterocycles. The van der Waals surface area contributed by atoms with Crippen molar-refractivity contribution in [1.82, 2.24) is 0 Å². The minimum atomic E-state index is -5.00. The summed E-state index contributed by atoms with van der Waals surface area (Å²) in [5.41, 5.74) is 0.599. The fourth-order valence-electron chi connectivity index (χ4n) is 3.55. The molecule has 0 atom stereocenters. The molecule has 0 spiro atoms. The molecule has 0 aliphatic rings. The highest BCUT2D eigenvalue weighted by Gasteiger charge is 2.40. The molecule has 36 heavy (non-hydrogen) atoms. The molecule has 6 nitrogen and oxygen atoms in total. The van der Waals surface area contributed by atoms with Crippen LogP contribution in [0.2, 0.25) is 5.02 Å². The molecule has 0 fully saturated rings. The SMILES string of the molecule is Cc1cc(C)cc(Oc2c(C(F)(F)F)oc3cc(OCC(=O)Nc4cccc(Cl)c4)ccc3c2=O)c1. The maximum atomic E-state index is 13.8. The molecule has 0 saturated carbocycles. The van der Waals surface area contributed by atoms with Gasteiger partial charge in [-0.2, -0.15) is 13.2 Å². The largest absolute Gasteiger partial charge is 0.484 e. The fourth-order valence-corrected chi connectivity index (χ4v) is 3.74. The Morgan fingerprint density at radius 1 is 1.00 bits per heavy atom. The zero-order chi connectivity index (χ0) is 26.0. The van der Waals surface area contributed by atoms with Crippen LogP contribution in [0.15, 0.2) is 69.9 Å². The van der Waals surface area contributed by atoms with Crippen LogP contribution in [0.4, 0.5) is 18.9 Å². The van der Waals surface area contributed by atoms with E-state index >= 15 is 0 Å². The standard InChI is InChI=1S/C26H19ClF3NO5/c1-14-8-15(2)10-19(9-14)35-24-23(33)20-7-6-18(12-21(20)36-25(24)26(28,29)30)34-13-22(32)31-17-5-3-4-16(27)11-17/h3-12H,13H2,1-2H3,(H,31,32). The van der Waals surface area contributed by atoms with Crippen molar-refractivity contribution in [3.8, 4) is 17.2 Å². The molecular weight excluding hydrogens is 499 g/mol. The Kier molecular flexibility index (Phi) is 6.94. The number of anilines is 1. The Morgan fingerprint density at radius 3 is 2.39 bits per heavy atom. The second-order valence-corrected chi connectivity index (χ2v) is 8.45. The van der Waals surface area contributed by atoms with Crippen LogP contribution in [0.5, 0.6) is 17.2 Å². The summed E-state index contributed by atoms with van der Waals surface area (Å²) in [4.78, 5) is 25.1. The van der Waals surface area contributed by atoms with E-state index in [1.165, 1.54) is 24.3 Å². The van der Waals surface area contributed by atoms with Gasteiger partial charge in [-0.3, -0.25) is 9.59 Å². The predicted octanol–water partition coefficient (Wildman–Crippen LogP) is 6.89. The number of hydrogen-bond donors (Lipinski definition) is 1. The fraction of sp³-hybridized carbons (Fsp3) is 0.154. The van der Waals surface area contributed by atoms with Gasteiger partial charge in [0, 0.05) is 16.8 Å². The molecule has 0 unspecified atom stereocenters. The molecule has 186 valence electrons. The van der Waals surface area contributed by atoms with Crippen molar-refractivity contribution in [2.45, 2.75) is 20.0 Å². The molecule has 1 aromatic heterocycles. The number of nitrogens with one attached hydrogen (secondary N) is 1. The van der Waals surface area contributed by atoms with Crippen LogP contribution in [-0.2, 0) is 11.0 Å². The van der Waals surface area contributed by atoms with Gasteiger partial charge in [0.25, 0.3) is 11.7 Å². The van der Waals surface area contributed by atoms with Crippen molar-refractivity contribution >= 4 is 34.2 Å². The Hall–Kier alpha value is -3.98. The van der Waals surface area contributed by atoms with Gasteiger partial charge < -0.3 is 19.2 Å². The summed E-state index contributed by atoms with van der Waals surface area (Å²) < 4.78 is 57.3. The van der Waals surface area contributed by atoms with Gasteiger partial charge in [-0.25, -0.2) is 0 Å². The third-order valence-corrected chi connectivity index (χ3v) is 5.21.